The second kappa shape index (κ2) is 8.07. The molecule has 0 bridgehead atoms. The molecule has 0 radical (unpaired) electrons. The van der Waals surface area contributed by atoms with E-state index in [1.54, 1.807) is 12.3 Å². The van der Waals surface area contributed by atoms with Crippen molar-refractivity contribution in [3.8, 4) is 5.75 Å². The van der Waals surface area contributed by atoms with Crippen LogP contribution in [0.25, 0.3) is 6.08 Å². The summed E-state index contributed by atoms with van der Waals surface area (Å²) in [7, 11) is 1.99. The second-order valence-electron chi connectivity index (χ2n) is 4.61. The average molecular weight is 284 g/mol. The molecule has 0 saturated heterocycles. The van der Waals surface area contributed by atoms with Gasteiger partial charge in [-0.25, -0.2) is 4.98 Å². The Morgan fingerprint density at radius 2 is 2.00 bits per heavy atom. The van der Waals surface area contributed by atoms with Gasteiger partial charge in [-0.3, -0.25) is 0 Å². The van der Waals surface area contributed by atoms with Gasteiger partial charge in [-0.2, -0.15) is 0 Å². The number of likely N-dealkylation sites (N-methyl/N-ethyl adjacent to an activating group) is 1. The van der Waals surface area contributed by atoms with Crippen molar-refractivity contribution in [2.45, 2.75) is 0 Å². The molecule has 0 atom stereocenters. The maximum atomic E-state index is 8.72. The van der Waals surface area contributed by atoms with Gasteiger partial charge in [0.05, 0.1) is 13.2 Å². The van der Waals surface area contributed by atoms with Crippen molar-refractivity contribution in [1.29, 1.82) is 0 Å². The van der Waals surface area contributed by atoms with Crippen molar-refractivity contribution in [3.05, 3.63) is 60.3 Å². The van der Waals surface area contributed by atoms with E-state index in [1.165, 1.54) is 0 Å². The van der Waals surface area contributed by atoms with E-state index < -0.39 is 0 Å². The van der Waals surface area contributed by atoms with Crippen LogP contribution in [-0.2, 0) is 0 Å². The number of hydrogen-bond acceptors (Lipinski definition) is 4. The minimum atomic E-state index is 0.0537. The first kappa shape index (κ1) is 15.1. The van der Waals surface area contributed by atoms with Crippen LogP contribution in [0.4, 0.5) is 5.82 Å². The fourth-order valence-corrected chi connectivity index (χ4v) is 1.86. The Balaban J connectivity index is 1.79. The lowest BCUT2D eigenvalue weighted by Gasteiger charge is -2.18. The van der Waals surface area contributed by atoms with E-state index in [2.05, 4.69) is 9.88 Å². The summed E-state index contributed by atoms with van der Waals surface area (Å²) in [5, 5.41) is 8.72. The summed E-state index contributed by atoms with van der Waals surface area (Å²) in [6.07, 6.45) is 5.36. The molecule has 0 unspecified atom stereocenters. The van der Waals surface area contributed by atoms with E-state index in [-0.39, 0.29) is 6.61 Å². The van der Waals surface area contributed by atoms with Crippen molar-refractivity contribution in [3.63, 3.8) is 0 Å². The number of aliphatic hydroxyl groups is 1. The highest BCUT2D eigenvalue weighted by atomic mass is 16.5. The molecule has 110 valence electrons. The van der Waals surface area contributed by atoms with Crippen LogP contribution in [0, 0.1) is 0 Å². The van der Waals surface area contributed by atoms with Crippen molar-refractivity contribution < 1.29 is 9.84 Å². The standard InChI is InChI=1S/C17H20N2O2/c1-19(17-6-2-3-11-18-17)12-14-21-16-9-7-15(8-10-16)5-4-13-20/h2-11,20H,12-14H2,1H3. The Morgan fingerprint density at radius 3 is 2.67 bits per heavy atom. The maximum absolute atomic E-state index is 8.72. The number of aromatic nitrogens is 1. The van der Waals surface area contributed by atoms with Gasteiger partial charge in [0.15, 0.2) is 0 Å². The summed E-state index contributed by atoms with van der Waals surface area (Å²) in [6, 6.07) is 13.6. The van der Waals surface area contributed by atoms with Gasteiger partial charge < -0.3 is 14.7 Å². The number of nitrogens with zero attached hydrogens (tertiary/aromatic N) is 2. The smallest absolute Gasteiger partial charge is 0.128 e. The van der Waals surface area contributed by atoms with Crippen LogP contribution in [0.1, 0.15) is 5.56 Å². The number of hydrogen-bond donors (Lipinski definition) is 1. The first-order valence-electron chi connectivity index (χ1n) is 6.92. The Morgan fingerprint density at radius 1 is 1.19 bits per heavy atom. The first-order valence-corrected chi connectivity index (χ1v) is 6.92. The zero-order chi connectivity index (χ0) is 14.9. The molecule has 2 rings (SSSR count). The van der Waals surface area contributed by atoms with Crippen LogP contribution in [0.2, 0.25) is 0 Å². The zero-order valence-corrected chi connectivity index (χ0v) is 12.1. The molecule has 0 fully saturated rings. The van der Waals surface area contributed by atoms with Gasteiger partial charge in [0.2, 0.25) is 0 Å². The minimum Gasteiger partial charge on any atom is -0.492 e. The Hall–Kier alpha value is -2.33. The molecule has 0 aliphatic heterocycles. The number of rotatable bonds is 7. The predicted octanol–water partition coefficient (Wildman–Crippen LogP) is 2.60. The summed E-state index contributed by atoms with van der Waals surface area (Å²) in [4.78, 5) is 6.34. The molecular weight excluding hydrogens is 264 g/mol. The lowest BCUT2D eigenvalue weighted by Crippen LogP contribution is -2.24. The van der Waals surface area contributed by atoms with Crippen molar-refractivity contribution in [2.24, 2.45) is 0 Å². The van der Waals surface area contributed by atoms with Gasteiger partial charge in [-0.05, 0) is 29.8 Å². The van der Waals surface area contributed by atoms with E-state index in [0.717, 1.165) is 23.7 Å². The highest BCUT2D eigenvalue weighted by molar-refractivity contribution is 5.50. The van der Waals surface area contributed by atoms with E-state index in [4.69, 9.17) is 9.84 Å². The summed E-state index contributed by atoms with van der Waals surface area (Å²) < 4.78 is 5.71. The molecular formula is C17H20N2O2. The first-order chi connectivity index (χ1) is 10.3. The fraction of sp³-hybridized carbons (Fsp3) is 0.235. The second-order valence-corrected chi connectivity index (χ2v) is 4.61. The number of benzene rings is 1. The lowest BCUT2D eigenvalue weighted by atomic mass is 10.2. The molecule has 1 aromatic heterocycles. The predicted molar refractivity (Wildman–Crippen MR) is 85.6 cm³/mol. The van der Waals surface area contributed by atoms with Crippen LogP contribution in [0.15, 0.2) is 54.7 Å². The van der Waals surface area contributed by atoms with E-state index >= 15 is 0 Å². The summed E-state index contributed by atoms with van der Waals surface area (Å²) in [5.74, 6) is 1.77. The van der Waals surface area contributed by atoms with Gasteiger partial charge in [-0.15, -0.1) is 0 Å². The molecule has 2 aromatic rings. The average Bonchev–Trinajstić information content (AvgIpc) is 2.55. The fourth-order valence-electron chi connectivity index (χ4n) is 1.86. The normalized spacial score (nSPS) is 10.8. The Bertz CT molecular complexity index is 553. The summed E-state index contributed by atoms with van der Waals surface area (Å²) in [5.41, 5.74) is 1.04. The number of aliphatic hydroxyl groups excluding tert-OH is 1. The SMILES string of the molecule is CN(CCOc1ccc(C=CCO)cc1)c1ccccn1. The van der Waals surface area contributed by atoms with Crippen LogP contribution in [-0.4, -0.2) is 36.9 Å². The van der Waals surface area contributed by atoms with Crippen molar-refractivity contribution in [1.82, 2.24) is 4.98 Å². The number of anilines is 1. The van der Waals surface area contributed by atoms with Crippen LogP contribution < -0.4 is 9.64 Å². The molecule has 0 aliphatic carbocycles. The Labute approximate surface area is 125 Å². The third-order valence-corrected chi connectivity index (χ3v) is 3.03. The topological polar surface area (TPSA) is 45.6 Å². The number of pyridine rings is 1. The summed E-state index contributed by atoms with van der Waals surface area (Å²) in [6.45, 7) is 1.42. The zero-order valence-electron chi connectivity index (χ0n) is 12.1. The minimum absolute atomic E-state index is 0.0537. The van der Waals surface area contributed by atoms with E-state index in [0.29, 0.717) is 6.61 Å². The van der Waals surface area contributed by atoms with Gasteiger partial charge >= 0.3 is 0 Å². The van der Waals surface area contributed by atoms with Gasteiger partial charge in [-0.1, -0.05) is 30.4 Å². The van der Waals surface area contributed by atoms with E-state index in [9.17, 15) is 0 Å². The molecule has 0 saturated carbocycles. The quantitative estimate of drug-likeness (QED) is 0.849. The van der Waals surface area contributed by atoms with Gasteiger partial charge in [0.1, 0.15) is 18.2 Å². The monoisotopic (exact) mass is 284 g/mol. The third-order valence-electron chi connectivity index (χ3n) is 3.03. The molecule has 0 aliphatic rings. The molecule has 4 heteroatoms. The molecule has 0 amide bonds. The molecule has 1 aromatic carbocycles. The molecule has 1 heterocycles. The van der Waals surface area contributed by atoms with Gasteiger partial charge in [0, 0.05) is 13.2 Å². The lowest BCUT2D eigenvalue weighted by molar-refractivity contribution is 0.325. The molecule has 21 heavy (non-hydrogen) atoms. The largest absolute Gasteiger partial charge is 0.492 e. The van der Waals surface area contributed by atoms with Crippen LogP contribution in [0.5, 0.6) is 5.75 Å². The van der Waals surface area contributed by atoms with Crippen LogP contribution >= 0.6 is 0 Å². The van der Waals surface area contributed by atoms with Crippen LogP contribution in [0.3, 0.4) is 0 Å². The highest BCUT2D eigenvalue weighted by Crippen LogP contribution is 2.13. The molecule has 4 nitrogen and oxygen atoms in total. The molecule has 1 N–H and O–H groups in total. The van der Waals surface area contributed by atoms with Gasteiger partial charge in [0.25, 0.3) is 0 Å². The third kappa shape index (κ3) is 4.93. The van der Waals surface area contributed by atoms with Crippen molar-refractivity contribution >= 4 is 11.9 Å². The van der Waals surface area contributed by atoms with Crippen molar-refractivity contribution in [2.75, 3.05) is 31.7 Å². The number of ether oxygens (including phenoxy) is 1. The Kier molecular flexibility index (Phi) is 5.79. The summed E-state index contributed by atoms with van der Waals surface area (Å²) >= 11 is 0. The molecule has 0 spiro atoms. The maximum Gasteiger partial charge on any atom is 0.128 e. The van der Waals surface area contributed by atoms with E-state index in [1.807, 2.05) is 55.6 Å². The highest BCUT2D eigenvalue weighted by Gasteiger charge is 2.01.